The number of rotatable bonds is 6. The van der Waals surface area contributed by atoms with Crippen molar-refractivity contribution in [2.45, 2.75) is 31.8 Å². The summed E-state index contributed by atoms with van der Waals surface area (Å²) in [5, 5.41) is 6.88. The maximum atomic E-state index is 13.8. The van der Waals surface area contributed by atoms with Gasteiger partial charge in [-0.25, -0.2) is 9.18 Å². The molecule has 1 fully saturated rings. The Bertz CT molecular complexity index is 691. The summed E-state index contributed by atoms with van der Waals surface area (Å²) in [6, 6.07) is 9.45. The van der Waals surface area contributed by atoms with E-state index in [1.165, 1.54) is 0 Å². The van der Waals surface area contributed by atoms with Crippen molar-refractivity contribution in [1.82, 2.24) is 20.0 Å². The standard InChI is InChI=1S/C18H23FN4O2/c1-22-10-15(8-21-22)11-23-12-16(19)7-17(23)9-20-18(24)25-13-14-5-3-2-4-6-14/h2-6,8,10,16-17H,7,9,11-13H2,1H3,(H,20,24)/t16-,17-/m0/s1. The first-order valence-electron chi connectivity index (χ1n) is 8.40. The van der Waals surface area contributed by atoms with Crippen LogP contribution in [0, 0.1) is 0 Å². The van der Waals surface area contributed by atoms with E-state index in [1.807, 2.05) is 48.5 Å². The summed E-state index contributed by atoms with van der Waals surface area (Å²) in [7, 11) is 1.85. The van der Waals surface area contributed by atoms with Gasteiger partial charge >= 0.3 is 6.09 Å². The molecule has 134 valence electrons. The molecule has 2 aromatic rings. The average Bonchev–Trinajstić information content (AvgIpc) is 3.17. The highest BCUT2D eigenvalue weighted by atomic mass is 19.1. The fourth-order valence-electron chi connectivity index (χ4n) is 3.09. The van der Waals surface area contributed by atoms with Crippen molar-refractivity contribution in [3.63, 3.8) is 0 Å². The van der Waals surface area contributed by atoms with Gasteiger partial charge in [0.15, 0.2) is 0 Å². The lowest BCUT2D eigenvalue weighted by atomic mass is 10.2. The molecule has 1 saturated heterocycles. The van der Waals surface area contributed by atoms with Gasteiger partial charge in [-0.15, -0.1) is 0 Å². The van der Waals surface area contributed by atoms with E-state index in [2.05, 4.69) is 10.4 Å². The third-order valence-electron chi connectivity index (χ3n) is 4.32. The van der Waals surface area contributed by atoms with Gasteiger partial charge in [0.05, 0.1) is 6.20 Å². The van der Waals surface area contributed by atoms with E-state index >= 15 is 0 Å². The van der Waals surface area contributed by atoms with Crippen molar-refractivity contribution in [2.75, 3.05) is 13.1 Å². The number of aromatic nitrogens is 2. The van der Waals surface area contributed by atoms with Crippen LogP contribution >= 0.6 is 0 Å². The number of hydrogen-bond donors (Lipinski definition) is 1. The molecule has 0 saturated carbocycles. The molecule has 1 N–H and O–H groups in total. The predicted molar refractivity (Wildman–Crippen MR) is 91.5 cm³/mol. The van der Waals surface area contributed by atoms with E-state index in [0.717, 1.165) is 11.1 Å². The molecular formula is C18H23FN4O2. The normalized spacial score (nSPS) is 20.6. The first-order valence-corrected chi connectivity index (χ1v) is 8.40. The second-order valence-electron chi connectivity index (χ2n) is 6.38. The van der Waals surface area contributed by atoms with Crippen molar-refractivity contribution in [3.05, 3.63) is 53.9 Å². The second-order valence-corrected chi connectivity index (χ2v) is 6.38. The first kappa shape index (κ1) is 17.4. The van der Waals surface area contributed by atoms with Crippen LogP contribution in [-0.2, 0) is 24.9 Å². The van der Waals surface area contributed by atoms with Crippen molar-refractivity contribution >= 4 is 6.09 Å². The highest BCUT2D eigenvalue weighted by Gasteiger charge is 2.32. The van der Waals surface area contributed by atoms with Crippen LogP contribution in [0.1, 0.15) is 17.5 Å². The summed E-state index contributed by atoms with van der Waals surface area (Å²) in [4.78, 5) is 13.9. The lowest BCUT2D eigenvalue weighted by Gasteiger charge is -2.23. The molecule has 7 heteroatoms. The number of alkyl carbamates (subject to hydrolysis) is 1. The fourth-order valence-corrected chi connectivity index (χ4v) is 3.09. The van der Waals surface area contributed by atoms with Crippen molar-refractivity contribution in [2.24, 2.45) is 7.05 Å². The minimum Gasteiger partial charge on any atom is -0.445 e. The molecule has 0 unspecified atom stereocenters. The Kier molecular flexibility index (Phi) is 5.65. The van der Waals surface area contributed by atoms with Crippen LogP contribution in [0.3, 0.4) is 0 Å². The van der Waals surface area contributed by atoms with E-state index < -0.39 is 12.3 Å². The summed E-state index contributed by atoms with van der Waals surface area (Å²) >= 11 is 0. The number of nitrogens with zero attached hydrogens (tertiary/aromatic N) is 3. The van der Waals surface area contributed by atoms with Gasteiger partial charge in [-0.05, 0) is 12.0 Å². The van der Waals surface area contributed by atoms with Gasteiger partial charge in [0.1, 0.15) is 12.8 Å². The molecule has 1 aromatic heterocycles. The van der Waals surface area contributed by atoms with E-state index in [9.17, 15) is 9.18 Å². The number of likely N-dealkylation sites (tertiary alicyclic amines) is 1. The van der Waals surface area contributed by atoms with Gasteiger partial charge in [0, 0.05) is 44.5 Å². The quantitative estimate of drug-likeness (QED) is 0.872. The number of ether oxygens (including phenoxy) is 1. The minimum atomic E-state index is -0.871. The Hall–Kier alpha value is -2.41. The van der Waals surface area contributed by atoms with Gasteiger partial charge in [0.25, 0.3) is 0 Å². The number of amides is 1. The average molecular weight is 346 g/mol. The number of hydrogen-bond acceptors (Lipinski definition) is 4. The Morgan fingerprint density at radius 1 is 1.36 bits per heavy atom. The highest BCUT2D eigenvalue weighted by Crippen LogP contribution is 2.22. The van der Waals surface area contributed by atoms with Crippen molar-refractivity contribution in [1.29, 1.82) is 0 Å². The van der Waals surface area contributed by atoms with Crippen LogP contribution in [0.2, 0.25) is 0 Å². The van der Waals surface area contributed by atoms with Gasteiger partial charge < -0.3 is 10.1 Å². The molecule has 6 nitrogen and oxygen atoms in total. The zero-order chi connectivity index (χ0) is 17.6. The highest BCUT2D eigenvalue weighted by molar-refractivity contribution is 5.67. The SMILES string of the molecule is Cn1cc(CN2C[C@@H](F)C[C@H]2CNC(=O)OCc2ccccc2)cn1. The number of alkyl halides is 1. The van der Waals surface area contributed by atoms with Crippen LogP contribution in [0.15, 0.2) is 42.7 Å². The third-order valence-corrected chi connectivity index (χ3v) is 4.32. The molecule has 1 amide bonds. The Morgan fingerprint density at radius 3 is 2.88 bits per heavy atom. The molecule has 0 aliphatic carbocycles. The molecule has 3 rings (SSSR count). The monoisotopic (exact) mass is 346 g/mol. The van der Waals surface area contributed by atoms with E-state index in [4.69, 9.17) is 4.74 Å². The lowest BCUT2D eigenvalue weighted by molar-refractivity contribution is 0.135. The molecule has 0 radical (unpaired) electrons. The number of benzene rings is 1. The third kappa shape index (κ3) is 5.03. The Balaban J connectivity index is 1.46. The molecule has 1 aliphatic heterocycles. The predicted octanol–water partition coefficient (Wildman–Crippen LogP) is 2.26. The maximum Gasteiger partial charge on any atom is 0.407 e. The number of nitrogens with one attached hydrogen (secondary N) is 1. The van der Waals surface area contributed by atoms with Gasteiger partial charge in [0.2, 0.25) is 0 Å². The zero-order valence-electron chi connectivity index (χ0n) is 14.3. The summed E-state index contributed by atoms with van der Waals surface area (Å²) in [5.74, 6) is 0. The summed E-state index contributed by atoms with van der Waals surface area (Å²) < 4.78 is 20.7. The number of halogens is 1. The van der Waals surface area contributed by atoms with Crippen LogP contribution in [0.5, 0.6) is 0 Å². The first-order chi connectivity index (χ1) is 12.1. The van der Waals surface area contributed by atoms with Gasteiger partial charge in [-0.1, -0.05) is 30.3 Å². The summed E-state index contributed by atoms with van der Waals surface area (Å²) in [5.41, 5.74) is 1.97. The van der Waals surface area contributed by atoms with Crippen LogP contribution in [-0.4, -0.2) is 46.1 Å². The van der Waals surface area contributed by atoms with Gasteiger partial charge in [-0.2, -0.15) is 5.10 Å². The van der Waals surface area contributed by atoms with Crippen molar-refractivity contribution in [3.8, 4) is 0 Å². The number of carbonyl (C=O) groups is 1. The molecular weight excluding hydrogens is 323 g/mol. The molecule has 2 heterocycles. The number of carbonyl (C=O) groups excluding carboxylic acids is 1. The van der Waals surface area contributed by atoms with E-state index in [1.54, 1.807) is 10.9 Å². The molecule has 1 aliphatic rings. The molecule has 0 spiro atoms. The largest absolute Gasteiger partial charge is 0.445 e. The maximum absolute atomic E-state index is 13.8. The lowest BCUT2D eigenvalue weighted by Crippen LogP contribution is -2.39. The summed E-state index contributed by atoms with van der Waals surface area (Å²) in [6.45, 7) is 1.59. The number of aryl methyl sites for hydroxylation is 1. The van der Waals surface area contributed by atoms with Crippen LogP contribution in [0.25, 0.3) is 0 Å². The van der Waals surface area contributed by atoms with Gasteiger partial charge in [-0.3, -0.25) is 9.58 Å². The molecule has 0 bridgehead atoms. The second kappa shape index (κ2) is 8.11. The Morgan fingerprint density at radius 2 is 2.16 bits per heavy atom. The van der Waals surface area contributed by atoms with Crippen molar-refractivity contribution < 1.29 is 13.9 Å². The minimum absolute atomic E-state index is 0.0421. The zero-order valence-corrected chi connectivity index (χ0v) is 14.3. The summed E-state index contributed by atoms with van der Waals surface area (Å²) in [6.07, 6.45) is 2.77. The smallest absolute Gasteiger partial charge is 0.407 e. The molecule has 2 atom stereocenters. The fraction of sp³-hybridized carbons (Fsp3) is 0.444. The molecule has 1 aromatic carbocycles. The van der Waals surface area contributed by atoms with E-state index in [0.29, 0.717) is 26.1 Å². The van der Waals surface area contributed by atoms with Crippen LogP contribution < -0.4 is 5.32 Å². The topological polar surface area (TPSA) is 59.4 Å². The van der Waals surface area contributed by atoms with E-state index in [-0.39, 0.29) is 12.6 Å². The molecule has 25 heavy (non-hydrogen) atoms. The van der Waals surface area contributed by atoms with Crippen LogP contribution in [0.4, 0.5) is 9.18 Å². The Labute approximate surface area is 146 Å².